The van der Waals surface area contributed by atoms with Crippen LogP contribution in [-0.2, 0) is 14.4 Å². The van der Waals surface area contributed by atoms with Crippen LogP contribution in [0.5, 0.6) is 0 Å². The molecule has 1 aromatic rings. The quantitative estimate of drug-likeness (QED) is 0.812. The molecular formula is C19H20N2O4. The fourth-order valence-electron chi connectivity index (χ4n) is 4.48. The van der Waals surface area contributed by atoms with Crippen LogP contribution in [-0.4, -0.2) is 35.5 Å². The van der Waals surface area contributed by atoms with E-state index in [0.717, 1.165) is 12.1 Å². The minimum absolute atomic E-state index is 0.00608. The van der Waals surface area contributed by atoms with Gasteiger partial charge in [-0.2, -0.15) is 0 Å². The van der Waals surface area contributed by atoms with Crippen LogP contribution in [0.25, 0.3) is 0 Å². The molecule has 1 saturated carbocycles. The number of hydrogen-bond acceptors (Lipinski definition) is 3. The van der Waals surface area contributed by atoms with Gasteiger partial charge in [-0.3, -0.25) is 14.4 Å². The van der Waals surface area contributed by atoms with Crippen molar-refractivity contribution in [1.82, 2.24) is 5.32 Å². The molecule has 1 heterocycles. The van der Waals surface area contributed by atoms with Crippen molar-refractivity contribution < 1.29 is 19.5 Å². The van der Waals surface area contributed by atoms with E-state index in [2.05, 4.69) is 5.32 Å². The number of rotatable bonds is 4. The first kappa shape index (κ1) is 15.9. The van der Waals surface area contributed by atoms with Crippen LogP contribution in [0.2, 0.25) is 0 Å². The molecule has 4 rings (SSSR count). The van der Waals surface area contributed by atoms with Crippen molar-refractivity contribution in [2.24, 2.45) is 23.7 Å². The predicted molar refractivity (Wildman–Crippen MR) is 90.7 cm³/mol. The highest BCUT2D eigenvalue weighted by molar-refractivity contribution is 5.97. The van der Waals surface area contributed by atoms with Gasteiger partial charge >= 0.3 is 5.97 Å². The Bertz CT molecular complexity index is 745. The van der Waals surface area contributed by atoms with Crippen LogP contribution in [0.4, 0.5) is 5.69 Å². The summed E-state index contributed by atoms with van der Waals surface area (Å²) < 4.78 is 0. The van der Waals surface area contributed by atoms with E-state index in [4.69, 9.17) is 0 Å². The summed E-state index contributed by atoms with van der Waals surface area (Å²) in [5, 5.41) is 12.4. The lowest BCUT2D eigenvalue weighted by Crippen LogP contribution is -2.45. The number of fused-ring (bicyclic) bond motifs is 2. The molecule has 6 nitrogen and oxygen atoms in total. The van der Waals surface area contributed by atoms with E-state index in [-0.39, 0.29) is 36.1 Å². The van der Waals surface area contributed by atoms with Crippen molar-refractivity contribution in [3.05, 3.63) is 42.5 Å². The van der Waals surface area contributed by atoms with Gasteiger partial charge in [0.25, 0.3) is 0 Å². The summed E-state index contributed by atoms with van der Waals surface area (Å²) in [6, 6.07) is 9.07. The number of hydrogen-bond donors (Lipinski definition) is 2. The molecule has 2 bridgehead atoms. The number of carbonyl (C=O) groups is 3. The molecule has 1 saturated heterocycles. The molecule has 2 aliphatic carbocycles. The molecule has 5 atom stereocenters. The molecule has 0 unspecified atom stereocenters. The maximum absolute atomic E-state index is 12.7. The number of allylic oxidation sites excluding steroid dienone is 2. The molecule has 0 radical (unpaired) electrons. The number of aliphatic carboxylic acids is 1. The van der Waals surface area contributed by atoms with Crippen molar-refractivity contribution in [2.45, 2.75) is 18.9 Å². The molecule has 3 aliphatic rings. The average Bonchev–Trinajstić information content (AvgIpc) is 3.29. The SMILES string of the molecule is O=C(O)[C@H]1[C@H](C(=O)N[C@H]2CC(=O)N(c3ccccc3)C2)[C@H]2C=C[C@H]1C2. The first-order valence-corrected chi connectivity index (χ1v) is 8.61. The number of anilines is 1. The van der Waals surface area contributed by atoms with Crippen LogP contribution in [0.1, 0.15) is 12.8 Å². The maximum Gasteiger partial charge on any atom is 0.307 e. The van der Waals surface area contributed by atoms with E-state index < -0.39 is 17.8 Å². The van der Waals surface area contributed by atoms with E-state index in [1.807, 2.05) is 42.5 Å². The zero-order valence-corrected chi connectivity index (χ0v) is 13.7. The number of nitrogens with one attached hydrogen (secondary N) is 1. The Balaban J connectivity index is 1.44. The Morgan fingerprint density at radius 1 is 1.08 bits per heavy atom. The lowest BCUT2D eigenvalue weighted by molar-refractivity contribution is -0.148. The van der Waals surface area contributed by atoms with Crippen molar-refractivity contribution in [1.29, 1.82) is 0 Å². The molecule has 0 aromatic heterocycles. The van der Waals surface area contributed by atoms with Crippen molar-refractivity contribution in [3.8, 4) is 0 Å². The Kier molecular flexibility index (Phi) is 3.82. The second kappa shape index (κ2) is 6.02. The first-order valence-electron chi connectivity index (χ1n) is 8.61. The van der Waals surface area contributed by atoms with Gasteiger partial charge in [0.2, 0.25) is 11.8 Å². The lowest BCUT2D eigenvalue weighted by Gasteiger charge is -2.25. The number of carbonyl (C=O) groups excluding carboxylic acids is 2. The van der Waals surface area contributed by atoms with Gasteiger partial charge in [-0.1, -0.05) is 30.4 Å². The van der Waals surface area contributed by atoms with E-state index in [1.54, 1.807) is 4.90 Å². The molecule has 2 fully saturated rings. The van der Waals surface area contributed by atoms with Gasteiger partial charge in [-0.05, 0) is 30.4 Å². The van der Waals surface area contributed by atoms with E-state index in [0.29, 0.717) is 6.54 Å². The summed E-state index contributed by atoms with van der Waals surface area (Å²) in [6.45, 7) is 0.420. The molecule has 6 heteroatoms. The summed E-state index contributed by atoms with van der Waals surface area (Å²) in [5.41, 5.74) is 0.815. The van der Waals surface area contributed by atoms with Gasteiger partial charge in [0.1, 0.15) is 0 Å². The van der Waals surface area contributed by atoms with Gasteiger partial charge in [0, 0.05) is 18.7 Å². The van der Waals surface area contributed by atoms with Crippen molar-refractivity contribution in [3.63, 3.8) is 0 Å². The minimum atomic E-state index is -0.912. The Morgan fingerprint density at radius 3 is 2.44 bits per heavy atom. The molecule has 1 aromatic carbocycles. The van der Waals surface area contributed by atoms with Gasteiger partial charge in [-0.15, -0.1) is 0 Å². The summed E-state index contributed by atoms with van der Waals surface area (Å²) >= 11 is 0. The van der Waals surface area contributed by atoms with Gasteiger partial charge in [0.05, 0.1) is 17.9 Å². The van der Waals surface area contributed by atoms with Crippen LogP contribution in [0, 0.1) is 23.7 Å². The molecule has 1 aliphatic heterocycles. The monoisotopic (exact) mass is 340 g/mol. The zero-order valence-electron chi connectivity index (χ0n) is 13.7. The minimum Gasteiger partial charge on any atom is -0.481 e. The van der Waals surface area contributed by atoms with E-state index in [1.165, 1.54) is 0 Å². The molecule has 2 N–H and O–H groups in total. The number of nitrogens with zero attached hydrogens (tertiary/aromatic N) is 1. The smallest absolute Gasteiger partial charge is 0.307 e. The highest BCUT2D eigenvalue weighted by Gasteiger charge is 2.52. The number of carboxylic acid groups (broad SMARTS) is 1. The molecule has 130 valence electrons. The average molecular weight is 340 g/mol. The van der Waals surface area contributed by atoms with Crippen LogP contribution in [0.15, 0.2) is 42.5 Å². The van der Waals surface area contributed by atoms with Crippen LogP contribution in [0.3, 0.4) is 0 Å². The number of para-hydroxylation sites is 1. The zero-order chi connectivity index (χ0) is 17.6. The van der Waals surface area contributed by atoms with Crippen LogP contribution >= 0.6 is 0 Å². The maximum atomic E-state index is 12.7. The molecule has 25 heavy (non-hydrogen) atoms. The fourth-order valence-corrected chi connectivity index (χ4v) is 4.48. The highest BCUT2D eigenvalue weighted by Crippen LogP contribution is 2.48. The van der Waals surface area contributed by atoms with Crippen LogP contribution < -0.4 is 10.2 Å². The van der Waals surface area contributed by atoms with E-state index in [9.17, 15) is 19.5 Å². The van der Waals surface area contributed by atoms with E-state index >= 15 is 0 Å². The molecule has 2 amide bonds. The molecule has 0 spiro atoms. The van der Waals surface area contributed by atoms with Gasteiger partial charge in [0.15, 0.2) is 0 Å². The first-order chi connectivity index (χ1) is 12.0. The standard InChI is InChI=1S/C19H20N2O4/c22-15-9-13(10-21(15)14-4-2-1-3-5-14)20-18(23)16-11-6-7-12(8-11)17(16)19(24)25/h1-7,11-13,16-17H,8-10H2,(H,20,23)(H,24,25)/t11-,12-,13-,16+,17+/m0/s1. The summed E-state index contributed by atoms with van der Waals surface area (Å²) in [5.74, 6) is -2.43. The Hall–Kier alpha value is -2.63. The lowest BCUT2D eigenvalue weighted by atomic mass is 9.82. The second-order valence-corrected chi connectivity index (χ2v) is 7.09. The second-order valence-electron chi connectivity index (χ2n) is 7.09. The third-order valence-electron chi connectivity index (χ3n) is 5.59. The predicted octanol–water partition coefficient (Wildman–Crippen LogP) is 1.43. The van der Waals surface area contributed by atoms with Crippen molar-refractivity contribution in [2.75, 3.05) is 11.4 Å². The number of carboxylic acids is 1. The Labute approximate surface area is 145 Å². The summed E-state index contributed by atoms with van der Waals surface area (Å²) in [4.78, 5) is 38.2. The van der Waals surface area contributed by atoms with Gasteiger partial charge < -0.3 is 15.3 Å². The number of amides is 2. The topological polar surface area (TPSA) is 86.7 Å². The normalized spacial score (nSPS) is 33.0. The fraction of sp³-hybridized carbons (Fsp3) is 0.421. The summed E-state index contributed by atoms with van der Waals surface area (Å²) in [6.07, 6.45) is 4.86. The third kappa shape index (κ3) is 2.71. The summed E-state index contributed by atoms with van der Waals surface area (Å²) in [7, 11) is 0. The Morgan fingerprint density at radius 2 is 1.76 bits per heavy atom. The van der Waals surface area contributed by atoms with Gasteiger partial charge in [-0.25, -0.2) is 0 Å². The third-order valence-corrected chi connectivity index (χ3v) is 5.59. The molecular weight excluding hydrogens is 320 g/mol. The highest BCUT2D eigenvalue weighted by atomic mass is 16.4. The van der Waals surface area contributed by atoms with Crippen molar-refractivity contribution >= 4 is 23.5 Å². The number of benzene rings is 1. The largest absolute Gasteiger partial charge is 0.481 e.